The second-order valence-corrected chi connectivity index (χ2v) is 39.6. The van der Waals surface area contributed by atoms with Gasteiger partial charge in [0.1, 0.15) is 17.1 Å². The Kier molecular flexibility index (Phi) is 112. The number of nitrogens with one attached hydrogen (secondary N) is 1. The van der Waals surface area contributed by atoms with Gasteiger partial charge in [0.2, 0.25) is 10.0 Å². The number of fused-ring (bicyclic) bond motifs is 1. The number of hydrogen-bond donors (Lipinski definition) is 10. The van der Waals surface area contributed by atoms with Crippen molar-refractivity contribution in [2.75, 3.05) is 39.8 Å². The third kappa shape index (κ3) is 105. The minimum atomic E-state index is -3.70. The van der Waals surface area contributed by atoms with Crippen molar-refractivity contribution in [3.8, 4) is 17.1 Å². The number of ether oxygens (including phenoxy) is 1. The van der Waals surface area contributed by atoms with E-state index in [0.717, 1.165) is 128 Å². The lowest BCUT2D eigenvalue weighted by Crippen LogP contribution is -2.47. The number of hydrogen-bond acceptors (Lipinski definition) is 16. The lowest BCUT2D eigenvalue weighted by Gasteiger charge is -2.31. The molecule has 3 aromatic rings. The number of piperazine rings is 1. The number of H-pyrrole nitrogens is 1. The van der Waals surface area contributed by atoms with E-state index in [4.69, 9.17) is 55.7 Å². The Balaban J connectivity index is -0.000000372. The van der Waals surface area contributed by atoms with E-state index in [0.29, 0.717) is 119 Å². The number of sulfonamides is 1. The zero-order valence-corrected chi connectivity index (χ0v) is 92.4. The summed E-state index contributed by atoms with van der Waals surface area (Å²) < 4.78 is 35.4. The average molecular weight is 2020 g/mol. The summed E-state index contributed by atoms with van der Waals surface area (Å²) in [4.78, 5) is 114. The summed E-state index contributed by atoms with van der Waals surface area (Å²) in [6.45, 7) is 26.3. The number of aliphatic carboxylic acids is 9. The molecule has 29 heteroatoms. The number of aromatic nitrogens is 4. The van der Waals surface area contributed by atoms with Crippen molar-refractivity contribution in [1.29, 1.82) is 0 Å². The Morgan fingerprint density at radius 3 is 0.723 bits per heavy atom. The number of nitrogens with zero attached hydrogens (tertiary/aromatic N) is 5. The van der Waals surface area contributed by atoms with Gasteiger partial charge in [0.25, 0.3) is 5.56 Å². The molecule has 28 nitrogen and oxygen atoms in total. The molecule has 10 N–H and O–H groups in total. The Hall–Kier alpha value is -7.53. The molecule has 0 radical (unpaired) electrons. The van der Waals surface area contributed by atoms with Crippen LogP contribution < -0.4 is 10.3 Å². The number of carboxylic acid groups (broad SMARTS) is 9. The van der Waals surface area contributed by atoms with Gasteiger partial charge in [0, 0.05) is 91.0 Å². The van der Waals surface area contributed by atoms with Crippen LogP contribution in [0.25, 0.3) is 22.4 Å². The summed E-state index contributed by atoms with van der Waals surface area (Å²) in [7, 11) is -0.00831. The maximum atomic E-state index is 13.3. The Morgan fingerprint density at radius 2 is 0.525 bits per heavy atom. The number of aryl methyl sites for hydroxylation is 2. The zero-order valence-electron chi connectivity index (χ0n) is 91.6. The zero-order chi connectivity index (χ0) is 107. The third-order valence-corrected chi connectivity index (χ3v) is 25.7. The van der Waals surface area contributed by atoms with E-state index >= 15 is 0 Å². The molecule has 826 valence electrons. The van der Waals surface area contributed by atoms with Gasteiger partial charge in [-0.05, 0) is 96.4 Å². The van der Waals surface area contributed by atoms with Crippen LogP contribution in [0.5, 0.6) is 5.75 Å². The fourth-order valence-electron chi connectivity index (χ4n) is 15.2. The molecule has 0 amide bonds. The normalized spacial score (nSPS) is 11.4. The second-order valence-electron chi connectivity index (χ2n) is 37.6. The van der Waals surface area contributed by atoms with Crippen LogP contribution >= 0.6 is 0 Å². The van der Waals surface area contributed by atoms with E-state index < -0.39 is 63.7 Å². The van der Waals surface area contributed by atoms with Gasteiger partial charge in [-0.15, -0.1) is 0 Å². The largest absolute Gasteiger partial charge is 0.493 e. The second kappa shape index (κ2) is 110. The van der Waals surface area contributed by atoms with Crippen LogP contribution in [-0.2, 0) is 66.6 Å². The molecule has 1 aromatic carbocycles. The van der Waals surface area contributed by atoms with Gasteiger partial charge in [-0.1, -0.05) is 422 Å². The maximum Gasteiger partial charge on any atom is 0.303 e. The Labute approximate surface area is 855 Å². The molecule has 0 bridgehead atoms. The summed E-state index contributed by atoms with van der Waals surface area (Å²) >= 11 is 0. The molecule has 0 saturated carbocycles. The van der Waals surface area contributed by atoms with E-state index in [9.17, 15) is 56.4 Å². The van der Waals surface area contributed by atoms with E-state index in [1.165, 1.54) is 298 Å². The van der Waals surface area contributed by atoms with Gasteiger partial charge >= 0.3 is 53.7 Å². The molecular weight excluding hydrogens is 1810 g/mol. The number of carbonyl (C=O) groups is 9. The minimum Gasteiger partial charge on any atom is -0.493 e. The van der Waals surface area contributed by atoms with Gasteiger partial charge in [0.15, 0.2) is 5.52 Å². The van der Waals surface area contributed by atoms with Gasteiger partial charge in [-0.25, -0.2) is 13.4 Å². The number of benzene rings is 1. The smallest absolute Gasteiger partial charge is 0.303 e. The highest BCUT2D eigenvalue weighted by atomic mass is 32.2. The topological polar surface area (TPSA) is 449 Å². The predicted molar refractivity (Wildman–Crippen MR) is 578 cm³/mol. The monoisotopic (exact) mass is 2020 g/mol. The molecule has 0 aliphatic carbocycles. The summed E-state index contributed by atoms with van der Waals surface area (Å²) in [5.41, 5.74) is 1.75. The van der Waals surface area contributed by atoms with Crippen LogP contribution in [0.3, 0.4) is 0 Å². The number of unbranched alkanes of at least 4 members (excludes halogenated alkanes) is 54. The summed E-state index contributed by atoms with van der Waals surface area (Å²) in [5, 5.41) is 79.6. The van der Waals surface area contributed by atoms with Crippen molar-refractivity contribution >= 4 is 74.8 Å². The first-order valence-electron chi connectivity index (χ1n) is 56.1. The SMILES string of the molecule is CCCCCCCCCC(=O)O.CCCCCCCCCC(=O)O.CCCCCCCCCC(=O)O.CCCCCCCCCC(=O)O.CCCCCCCCCC(=O)O.CCCCCCCCCC(=O)O.CCCCCCCCCC(=O)O.CCCCCCCCCC(=O)O.CCCCCCCCCC(=O)O.CCCc1nn(C)c2c(=O)[nH]c(-c3cc(S(=O)(=O)N4CCN(C)CC4)ccc3OCC)nc12. The first-order valence-corrected chi connectivity index (χ1v) is 57.5. The van der Waals surface area contributed by atoms with Crippen molar-refractivity contribution in [3.05, 3.63) is 34.2 Å². The van der Waals surface area contributed by atoms with Crippen molar-refractivity contribution in [2.45, 2.75) is 556 Å². The van der Waals surface area contributed by atoms with E-state index in [-0.39, 0.29) is 16.3 Å². The summed E-state index contributed by atoms with van der Waals surface area (Å²) in [6.07, 6.45) is 79.3. The average Bonchev–Trinajstić information content (AvgIpc) is 1.70. The Morgan fingerprint density at radius 1 is 0.312 bits per heavy atom. The van der Waals surface area contributed by atoms with Crippen molar-refractivity contribution < 1.29 is 102 Å². The lowest BCUT2D eigenvalue weighted by molar-refractivity contribution is -0.138. The molecule has 1 aliphatic heterocycles. The molecule has 0 unspecified atom stereocenters. The number of carboxylic acids is 9. The van der Waals surface area contributed by atoms with Gasteiger partial charge in [-0.2, -0.15) is 9.40 Å². The predicted octanol–water partition coefficient (Wildman–Crippen LogP) is 30.5. The van der Waals surface area contributed by atoms with Crippen molar-refractivity contribution in [2.24, 2.45) is 7.05 Å². The lowest BCUT2D eigenvalue weighted by atomic mass is 10.1. The molecular formula is C112H210N6O22S. The van der Waals surface area contributed by atoms with Crippen LogP contribution in [0, 0.1) is 0 Å². The number of rotatable bonds is 79. The van der Waals surface area contributed by atoms with Crippen molar-refractivity contribution in [1.82, 2.24) is 29.0 Å². The van der Waals surface area contributed by atoms with Gasteiger partial charge in [-0.3, -0.25) is 52.6 Å². The standard InChI is InChI=1S/C22H30N6O4S.9C10H20O2/c1-5-7-17-19-20(27(4)25-17)22(29)24-21(23-19)16-14-15(8-9-18(16)32-6-2)33(30,31)28-12-10-26(3)11-13-28;9*1-2-3-4-5-6-7-8-9-10(11)12/h8-9,14H,5-7,10-13H2,1-4H3,(H,23,24,29);9*2-9H2,1H3,(H,11,12). The van der Waals surface area contributed by atoms with Crippen LogP contribution in [0.4, 0.5) is 0 Å². The molecule has 2 aromatic heterocycles. The number of aromatic amines is 1. The van der Waals surface area contributed by atoms with Crippen LogP contribution in [-0.4, -0.2) is 177 Å². The quantitative estimate of drug-likeness (QED) is 0.0235. The first kappa shape index (κ1) is 144. The Bertz CT molecular complexity index is 3190. The van der Waals surface area contributed by atoms with Gasteiger partial charge < -0.3 is 60.6 Å². The third-order valence-electron chi connectivity index (χ3n) is 23.8. The number of likely N-dealkylation sites (N-methyl/N-ethyl adjacent to an activating group) is 1. The molecule has 3 heterocycles. The highest BCUT2D eigenvalue weighted by Crippen LogP contribution is 2.33. The van der Waals surface area contributed by atoms with Crippen LogP contribution in [0.2, 0.25) is 0 Å². The molecule has 141 heavy (non-hydrogen) atoms. The van der Waals surface area contributed by atoms with Crippen molar-refractivity contribution in [3.63, 3.8) is 0 Å². The van der Waals surface area contributed by atoms with E-state index in [1.807, 2.05) is 20.9 Å². The fourth-order valence-corrected chi connectivity index (χ4v) is 16.6. The molecule has 1 aliphatic rings. The van der Waals surface area contributed by atoms with Crippen LogP contribution in [0.15, 0.2) is 27.9 Å². The minimum absolute atomic E-state index is 0.147. The highest BCUT2D eigenvalue weighted by Gasteiger charge is 2.29. The first-order chi connectivity index (χ1) is 67.7. The highest BCUT2D eigenvalue weighted by molar-refractivity contribution is 7.89. The van der Waals surface area contributed by atoms with Crippen LogP contribution in [0.1, 0.15) is 551 Å². The van der Waals surface area contributed by atoms with E-state index in [1.54, 1.807) is 25.2 Å². The maximum absolute atomic E-state index is 13.3. The molecule has 0 spiro atoms. The summed E-state index contributed by atoms with van der Waals surface area (Å²) in [5.74, 6) is -5.25. The summed E-state index contributed by atoms with van der Waals surface area (Å²) in [6, 6.07) is 4.71. The fraction of sp³-hybridized carbons (Fsp3) is 0.821. The van der Waals surface area contributed by atoms with E-state index in [2.05, 4.69) is 77.3 Å². The molecule has 4 rings (SSSR count). The molecule has 1 fully saturated rings. The molecule has 1 saturated heterocycles. The van der Waals surface area contributed by atoms with Gasteiger partial charge in [0.05, 0.1) is 22.8 Å². The molecule has 0 atom stereocenters.